The van der Waals surface area contributed by atoms with E-state index in [-0.39, 0.29) is 0 Å². The van der Waals surface area contributed by atoms with Crippen LogP contribution in [0.3, 0.4) is 0 Å². The van der Waals surface area contributed by atoms with Gasteiger partial charge in [-0.2, -0.15) is 0 Å². The first-order valence-corrected chi connectivity index (χ1v) is 6.55. The molecule has 1 N–H and O–H groups in total. The third kappa shape index (κ3) is 3.49. The van der Waals surface area contributed by atoms with E-state index in [4.69, 9.17) is 16.3 Å². The van der Waals surface area contributed by atoms with Crippen molar-refractivity contribution in [2.45, 2.75) is 19.4 Å². The summed E-state index contributed by atoms with van der Waals surface area (Å²) in [5.41, 5.74) is 3.13. The van der Waals surface area contributed by atoms with Crippen LogP contribution in [0.4, 0.5) is 0 Å². The van der Waals surface area contributed by atoms with Crippen molar-refractivity contribution < 1.29 is 9.84 Å². The monoisotopic (exact) mass is 276 g/mol. The Morgan fingerprint density at radius 3 is 2.47 bits per heavy atom. The molecule has 0 aliphatic carbocycles. The quantitative estimate of drug-likeness (QED) is 0.917. The van der Waals surface area contributed by atoms with Gasteiger partial charge in [-0.15, -0.1) is 0 Å². The van der Waals surface area contributed by atoms with Crippen LogP contribution < -0.4 is 4.74 Å². The van der Waals surface area contributed by atoms with Crippen molar-refractivity contribution in [2.24, 2.45) is 0 Å². The van der Waals surface area contributed by atoms with Crippen molar-refractivity contribution in [3.8, 4) is 5.75 Å². The van der Waals surface area contributed by atoms with Crippen molar-refractivity contribution in [2.75, 3.05) is 7.11 Å². The maximum atomic E-state index is 10.3. The summed E-state index contributed by atoms with van der Waals surface area (Å²) in [5, 5.41) is 10.8. The molecule has 19 heavy (non-hydrogen) atoms. The van der Waals surface area contributed by atoms with Crippen molar-refractivity contribution >= 4 is 11.6 Å². The first kappa shape index (κ1) is 13.9. The van der Waals surface area contributed by atoms with Crippen LogP contribution in [0.1, 0.15) is 22.8 Å². The van der Waals surface area contributed by atoms with Crippen LogP contribution in [0.5, 0.6) is 5.75 Å². The molecule has 2 aromatic carbocycles. The van der Waals surface area contributed by atoms with Crippen LogP contribution >= 0.6 is 11.6 Å². The van der Waals surface area contributed by atoms with E-state index in [9.17, 15) is 5.11 Å². The lowest BCUT2D eigenvalue weighted by atomic mass is 10.0. The van der Waals surface area contributed by atoms with Gasteiger partial charge < -0.3 is 9.84 Å². The molecule has 0 fully saturated rings. The molecule has 0 aliphatic rings. The zero-order valence-electron chi connectivity index (χ0n) is 11.1. The summed E-state index contributed by atoms with van der Waals surface area (Å²) in [7, 11) is 1.57. The lowest BCUT2D eigenvalue weighted by Crippen LogP contribution is -2.02. The Labute approximate surface area is 118 Å². The van der Waals surface area contributed by atoms with Gasteiger partial charge in [0.1, 0.15) is 5.75 Å². The first-order valence-electron chi connectivity index (χ1n) is 6.17. The molecule has 2 aromatic rings. The molecule has 1 unspecified atom stereocenters. The highest BCUT2D eigenvalue weighted by Crippen LogP contribution is 2.29. The molecule has 0 saturated carbocycles. The fourth-order valence-electron chi connectivity index (χ4n) is 1.95. The van der Waals surface area contributed by atoms with Gasteiger partial charge in [0.25, 0.3) is 0 Å². The molecule has 0 radical (unpaired) electrons. The van der Waals surface area contributed by atoms with Crippen molar-refractivity contribution in [3.63, 3.8) is 0 Å². The van der Waals surface area contributed by atoms with Crippen LogP contribution in [0, 0.1) is 6.92 Å². The Balaban J connectivity index is 2.15. The van der Waals surface area contributed by atoms with Gasteiger partial charge in [-0.3, -0.25) is 0 Å². The number of aliphatic hydroxyl groups excluding tert-OH is 1. The number of hydrogen-bond donors (Lipinski definition) is 1. The SMILES string of the molecule is COc1cc(C(O)Cc2ccc(C)cc2)ccc1Cl. The standard InChI is InChI=1S/C16H17ClO2/c1-11-3-5-12(6-4-11)9-15(18)13-7-8-14(17)16(10-13)19-2/h3-8,10,15,18H,9H2,1-2H3. The maximum Gasteiger partial charge on any atom is 0.137 e. The summed E-state index contributed by atoms with van der Waals surface area (Å²) in [6.07, 6.45) is 0.0132. The number of ether oxygens (including phenoxy) is 1. The molecule has 0 heterocycles. The number of aliphatic hydroxyl groups is 1. The minimum Gasteiger partial charge on any atom is -0.495 e. The van der Waals surface area contributed by atoms with Crippen LogP contribution in [-0.2, 0) is 6.42 Å². The molecule has 0 aliphatic heterocycles. The van der Waals surface area contributed by atoms with Crippen LogP contribution in [0.15, 0.2) is 42.5 Å². The van der Waals surface area contributed by atoms with Crippen molar-refractivity contribution in [1.29, 1.82) is 0 Å². The van der Waals surface area contributed by atoms with Gasteiger partial charge in [0.05, 0.1) is 18.2 Å². The minimum atomic E-state index is -0.561. The van der Waals surface area contributed by atoms with Crippen LogP contribution in [0.2, 0.25) is 5.02 Å². The summed E-state index contributed by atoms with van der Waals surface area (Å²) in [6.45, 7) is 2.05. The second-order valence-electron chi connectivity index (χ2n) is 4.60. The van der Waals surface area contributed by atoms with E-state index in [1.807, 2.05) is 37.3 Å². The fourth-order valence-corrected chi connectivity index (χ4v) is 2.14. The summed E-state index contributed by atoms with van der Waals surface area (Å²) >= 11 is 5.97. The summed E-state index contributed by atoms with van der Waals surface area (Å²) < 4.78 is 5.16. The molecule has 2 nitrogen and oxygen atoms in total. The third-order valence-corrected chi connectivity index (χ3v) is 3.42. The minimum absolute atomic E-state index is 0.550. The second-order valence-corrected chi connectivity index (χ2v) is 5.01. The zero-order chi connectivity index (χ0) is 13.8. The summed E-state index contributed by atoms with van der Waals surface area (Å²) in [5.74, 6) is 0.585. The van der Waals surface area contributed by atoms with E-state index in [0.717, 1.165) is 11.1 Å². The average molecular weight is 277 g/mol. The van der Waals surface area contributed by atoms with Gasteiger partial charge in [0, 0.05) is 6.42 Å². The Hall–Kier alpha value is -1.51. The van der Waals surface area contributed by atoms with Gasteiger partial charge >= 0.3 is 0 Å². The largest absolute Gasteiger partial charge is 0.495 e. The fraction of sp³-hybridized carbons (Fsp3) is 0.250. The normalized spacial score (nSPS) is 12.2. The number of benzene rings is 2. The van der Waals surface area contributed by atoms with Gasteiger partial charge in [0.2, 0.25) is 0 Å². The Morgan fingerprint density at radius 2 is 1.84 bits per heavy atom. The summed E-state index contributed by atoms with van der Waals surface area (Å²) in [6, 6.07) is 13.5. The highest BCUT2D eigenvalue weighted by Gasteiger charge is 2.11. The topological polar surface area (TPSA) is 29.5 Å². The number of rotatable bonds is 4. The van der Waals surface area contributed by atoms with E-state index in [1.165, 1.54) is 5.56 Å². The van der Waals surface area contributed by atoms with Crippen molar-refractivity contribution in [3.05, 3.63) is 64.2 Å². The Bertz CT molecular complexity index is 549. The molecule has 100 valence electrons. The van der Waals surface area contributed by atoms with Gasteiger partial charge in [-0.05, 0) is 30.2 Å². The molecular weight excluding hydrogens is 260 g/mol. The maximum absolute atomic E-state index is 10.3. The number of methoxy groups -OCH3 is 1. The second kappa shape index (κ2) is 6.09. The van der Waals surface area contributed by atoms with Crippen LogP contribution in [0.25, 0.3) is 0 Å². The van der Waals surface area contributed by atoms with Crippen LogP contribution in [-0.4, -0.2) is 12.2 Å². The molecule has 0 spiro atoms. The molecule has 0 bridgehead atoms. The summed E-state index contributed by atoms with van der Waals surface area (Å²) in [4.78, 5) is 0. The number of hydrogen-bond acceptors (Lipinski definition) is 2. The highest BCUT2D eigenvalue weighted by atomic mass is 35.5. The molecule has 0 saturated heterocycles. The number of halogens is 1. The Kier molecular flexibility index (Phi) is 4.46. The molecular formula is C16H17ClO2. The molecule has 1 atom stereocenters. The van der Waals surface area contributed by atoms with Crippen molar-refractivity contribution in [1.82, 2.24) is 0 Å². The zero-order valence-corrected chi connectivity index (χ0v) is 11.8. The lowest BCUT2D eigenvalue weighted by Gasteiger charge is -2.13. The predicted octanol–water partition coefficient (Wildman–Crippen LogP) is 3.93. The van der Waals surface area contributed by atoms with E-state index in [2.05, 4.69) is 0 Å². The van der Waals surface area contributed by atoms with Gasteiger partial charge in [-0.1, -0.05) is 47.5 Å². The molecule has 0 aromatic heterocycles. The molecule has 0 amide bonds. The van der Waals surface area contributed by atoms with Gasteiger partial charge in [0.15, 0.2) is 0 Å². The lowest BCUT2D eigenvalue weighted by molar-refractivity contribution is 0.178. The number of aryl methyl sites for hydroxylation is 1. The average Bonchev–Trinajstić information content (AvgIpc) is 2.42. The van der Waals surface area contributed by atoms with Gasteiger partial charge in [-0.25, -0.2) is 0 Å². The smallest absolute Gasteiger partial charge is 0.137 e. The third-order valence-electron chi connectivity index (χ3n) is 3.11. The molecule has 3 heteroatoms. The highest BCUT2D eigenvalue weighted by molar-refractivity contribution is 6.32. The van der Waals surface area contributed by atoms with E-state index in [0.29, 0.717) is 17.2 Å². The van der Waals surface area contributed by atoms with E-state index >= 15 is 0 Å². The Morgan fingerprint density at radius 1 is 1.16 bits per heavy atom. The molecule has 2 rings (SSSR count). The first-order chi connectivity index (χ1) is 9.10. The van der Waals surface area contributed by atoms with E-state index < -0.39 is 6.10 Å². The van der Waals surface area contributed by atoms with E-state index in [1.54, 1.807) is 19.2 Å². The predicted molar refractivity (Wildman–Crippen MR) is 77.8 cm³/mol.